The average molecular weight is 659 g/mol. The molecule has 0 fully saturated rings. The number of nitrogens with one attached hydrogen (secondary N) is 1. The molecule has 0 bridgehead atoms. The number of benzene rings is 3. The van der Waals surface area contributed by atoms with Gasteiger partial charge < -0.3 is 10.2 Å². The quantitative estimate of drug-likeness (QED) is 0.218. The number of hydrogen-bond acceptors (Lipinski definition) is 4. The van der Waals surface area contributed by atoms with Crippen molar-refractivity contribution in [3.63, 3.8) is 0 Å². The summed E-state index contributed by atoms with van der Waals surface area (Å²) in [6.07, 6.45) is -2.41. The maximum Gasteiger partial charge on any atom is 0.416 e. The second-order valence-corrected chi connectivity index (χ2v) is 12.7. The topological polar surface area (TPSA) is 86.8 Å². The number of carbonyl (C=O) groups is 2. The molecule has 3 rings (SSSR count). The molecule has 0 saturated heterocycles. The van der Waals surface area contributed by atoms with Crippen molar-refractivity contribution >= 4 is 50.7 Å². The highest BCUT2D eigenvalue weighted by Crippen LogP contribution is 2.36. The zero-order valence-electron chi connectivity index (χ0n) is 23.6. The van der Waals surface area contributed by atoms with Gasteiger partial charge in [0.15, 0.2) is 0 Å². The Morgan fingerprint density at radius 2 is 1.60 bits per heavy atom. The number of anilines is 1. The molecular formula is C30H32Cl2F3N3O4S. The lowest BCUT2D eigenvalue weighted by atomic mass is 10.0. The van der Waals surface area contributed by atoms with Gasteiger partial charge in [0.2, 0.25) is 21.8 Å². The Kier molecular flexibility index (Phi) is 11.9. The summed E-state index contributed by atoms with van der Waals surface area (Å²) in [7, 11) is -4.32. The summed E-state index contributed by atoms with van der Waals surface area (Å²) < 4.78 is 66.8. The number of unbranched alkanes of at least 4 members (excludes halogenated alkanes) is 1. The number of amides is 2. The Bertz CT molecular complexity index is 1510. The molecule has 0 spiro atoms. The van der Waals surface area contributed by atoms with Crippen molar-refractivity contribution in [2.45, 2.75) is 44.9 Å². The van der Waals surface area contributed by atoms with Crippen LogP contribution in [0.25, 0.3) is 0 Å². The molecule has 1 N–H and O–H groups in total. The van der Waals surface area contributed by atoms with Crippen LogP contribution in [-0.4, -0.2) is 50.5 Å². The van der Waals surface area contributed by atoms with Gasteiger partial charge in [-0.1, -0.05) is 79.0 Å². The van der Waals surface area contributed by atoms with Crippen molar-refractivity contribution in [2.75, 3.05) is 23.7 Å². The smallest absolute Gasteiger partial charge is 0.354 e. The first-order chi connectivity index (χ1) is 20.2. The molecule has 0 aliphatic carbocycles. The van der Waals surface area contributed by atoms with Crippen LogP contribution in [0.15, 0.2) is 72.8 Å². The van der Waals surface area contributed by atoms with Gasteiger partial charge in [-0.2, -0.15) is 13.2 Å². The summed E-state index contributed by atoms with van der Waals surface area (Å²) in [5.74, 6) is -1.27. The van der Waals surface area contributed by atoms with E-state index in [1.165, 1.54) is 4.90 Å². The van der Waals surface area contributed by atoms with E-state index in [0.717, 1.165) is 30.4 Å². The van der Waals surface area contributed by atoms with E-state index in [0.29, 0.717) is 33.9 Å². The third-order valence-electron chi connectivity index (χ3n) is 6.59. The molecule has 0 heterocycles. The van der Waals surface area contributed by atoms with Crippen LogP contribution in [0.5, 0.6) is 0 Å². The predicted octanol–water partition coefficient (Wildman–Crippen LogP) is 6.33. The van der Waals surface area contributed by atoms with Crippen molar-refractivity contribution in [2.24, 2.45) is 0 Å². The van der Waals surface area contributed by atoms with E-state index in [1.54, 1.807) is 54.6 Å². The lowest BCUT2D eigenvalue weighted by Crippen LogP contribution is -2.53. The Morgan fingerprint density at radius 3 is 2.19 bits per heavy atom. The minimum absolute atomic E-state index is 0.0985. The number of hydrogen-bond donors (Lipinski definition) is 1. The lowest BCUT2D eigenvalue weighted by Gasteiger charge is -2.33. The number of rotatable bonds is 13. The Labute approximate surface area is 259 Å². The van der Waals surface area contributed by atoms with E-state index in [4.69, 9.17) is 23.2 Å². The fraction of sp³-hybridized carbons (Fsp3) is 0.333. The van der Waals surface area contributed by atoms with Gasteiger partial charge in [0, 0.05) is 24.5 Å². The molecule has 0 radical (unpaired) electrons. The maximum atomic E-state index is 14.1. The average Bonchev–Trinajstić information content (AvgIpc) is 2.94. The Balaban J connectivity index is 2.09. The van der Waals surface area contributed by atoms with E-state index in [2.05, 4.69) is 5.32 Å². The first kappa shape index (κ1) is 34.2. The number of sulfonamides is 1. The molecule has 0 unspecified atom stereocenters. The maximum absolute atomic E-state index is 14.1. The highest BCUT2D eigenvalue weighted by molar-refractivity contribution is 7.92. The van der Waals surface area contributed by atoms with E-state index in [1.807, 2.05) is 6.92 Å². The highest BCUT2D eigenvalue weighted by atomic mass is 35.5. The molecule has 0 saturated carbocycles. The second kappa shape index (κ2) is 14.9. The van der Waals surface area contributed by atoms with Crippen LogP contribution in [0, 0.1) is 0 Å². The molecule has 7 nitrogen and oxygen atoms in total. The first-order valence-corrected chi connectivity index (χ1v) is 16.0. The van der Waals surface area contributed by atoms with E-state index >= 15 is 0 Å². The van der Waals surface area contributed by atoms with E-state index in [9.17, 15) is 31.2 Å². The monoisotopic (exact) mass is 657 g/mol. The molecule has 3 aromatic rings. The SMILES string of the molecule is CCCCNC(=O)[C@H](Cc1ccccc1)N(Cc1ccc(Cl)cc1)C(=O)CN(c1cc(C(F)(F)F)ccc1Cl)S(C)(=O)=O. The van der Waals surface area contributed by atoms with Gasteiger partial charge in [-0.15, -0.1) is 0 Å². The zero-order chi connectivity index (χ0) is 31.8. The summed E-state index contributed by atoms with van der Waals surface area (Å²) in [4.78, 5) is 28.9. The van der Waals surface area contributed by atoms with Crippen molar-refractivity contribution in [3.8, 4) is 0 Å². The van der Waals surface area contributed by atoms with Crippen LogP contribution in [0.3, 0.4) is 0 Å². The third-order valence-corrected chi connectivity index (χ3v) is 8.29. The molecule has 1 atom stereocenters. The number of alkyl halides is 3. The molecule has 2 amide bonds. The Hall–Kier alpha value is -3.28. The normalized spacial score (nSPS) is 12.4. The molecule has 13 heteroatoms. The standard InChI is InChI=1S/C30H32Cl2F3N3O4S/c1-3-4-16-36-29(40)27(17-21-8-6-5-7-9-21)37(19-22-10-13-24(31)14-11-22)28(39)20-38(43(2,41)42)26-18-23(30(33,34)35)12-15-25(26)32/h5-15,18,27H,3-4,16-17,19-20H2,1-2H3,(H,36,40)/t27-/m0/s1. The fourth-order valence-corrected chi connectivity index (χ4v) is 5.57. The molecule has 43 heavy (non-hydrogen) atoms. The van der Waals surface area contributed by atoms with Crippen molar-refractivity contribution in [1.82, 2.24) is 10.2 Å². The van der Waals surface area contributed by atoms with Gasteiger partial charge in [-0.25, -0.2) is 8.42 Å². The van der Waals surface area contributed by atoms with Gasteiger partial charge in [-0.05, 0) is 47.9 Å². The summed E-state index contributed by atoms with van der Waals surface area (Å²) in [5, 5.41) is 3.00. The number of nitrogens with zero attached hydrogens (tertiary/aromatic N) is 2. The van der Waals surface area contributed by atoms with Crippen molar-refractivity contribution < 1.29 is 31.2 Å². The van der Waals surface area contributed by atoms with E-state index in [-0.39, 0.29) is 18.0 Å². The van der Waals surface area contributed by atoms with Crippen LogP contribution >= 0.6 is 23.2 Å². The second-order valence-electron chi connectivity index (χ2n) is 9.93. The van der Waals surface area contributed by atoms with Crippen molar-refractivity contribution in [1.29, 1.82) is 0 Å². The molecular weight excluding hydrogens is 626 g/mol. The summed E-state index contributed by atoms with van der Waals surface area (Å²) in [6, 6.07) is 16.7. The fourth-order valence-electron chi connectivity index (χ4n) is 4.32. The minimum atomic E-state index is -4.79. The zero-order valence-corrected chi connectivity index (χ0v) is 25.9. The molecule has 232 valence electrons. The van der Waals surface area contributed by atoms with Crippen molar-refractivity contribution in [3.05, 3.63) is 99.5 Å². The van der Waals surface area contributed by atoms with Crippen LogP contribution in [0.1, 0.15) is 36.5 Å². The first-order valence-electron chi connectivity index (χ1n) is 13.4. The number of carbonyl (C=O) groups excluding carboxylic acids is 2. The minimum Gasteiger partial charge on any atom is -0.354 e. The molecule has 3 aromatic carbocycles. The summed E-state index contributed by atoms with van der Waals surface area (Å²) >= 11 is 12.2. The third kappa shape index (κ3) is 9.87. The van der Waals surface area contributed by atoms with E-state index < -0.39 is 51.9 Å². The van der Waals surface area contributed by atoms with Gasteiger partial charge in [0.05, 0.1) is 22.5 Å². The van der Waals surface area contributed by atoms with Gasteiger partial charge in [0.25, 0.3) is 0 Å². The van der Waals surface area contributed by atoms with Crippen LogP contribution in [0.2, 0.25) is 10.0 Å². The van der Waals surface area contributed by atoms with Crippen LogP contribution in [-0.2, 0) is 38.8 Å². The van der Waals surface area contributed by atoms with Crippen LogP contribution < -0.4 is 9.62 Å². The lowest BCUT2D eigenvalue weighted by molar-refractivity contribution is -0.140. The molecule has 0 aliphatic rings. The summed E-state index contributed by atoms with van der Waals surface area (Å²) in [6.45, 7) is 1.31. The molecule has 0 aliphatic heterocycles. The summed E-state index contributed by atoms with van der Waals surface area (Å²) in [5.41, 5.74) is -0.304. The predicted molar refractivity (Wildman–Crippen MR) is 162 cm³/mol. The molecule has 0 aromatic heterocycles. The number of halogens is 5. The van der Waals surface area contributed by atoms with Gasteiger partial charge in [-0.3, -0.25) is 13.9 Å². The largest absolute Gasteiger partial charge is 0.416 e. The van der Waals surface area contributed by atoms with Gasteiger partial charge in [0.1, 0.15) is 12.6 Å². The highest BCUT2D eigenvalue weighted by Gasteiger charge is 2.35. The van der Waals surface area contributed by atoms with Crippen LogP contribution in [0.4, 0.5) is 18.9 Å². The Morgan fingerprint density at radius 1 is 0.953 bits per heavy atom. The van der Waals surface area contributed by atoms with Gasteiger partial charge >= 0.3 is 6.18 Å².